The van der Waals surface area contributed by atoms with E-state index >= 15 is 0 Å². The molecule has 1 heterocycles. The minimum atomic E-state index is -4.37. The van der Waals surface area contributed by atoms with Crippen LogP contribution in [-0.2, 0) is 4.84 Å². The second-order valence-electron chi connectivity index (χ2n) is 2.20. The van der Waals surface area contributed by atoms with Gasteiger partial charge in [0.25, 0.3) is 0 Å². The van der Waals surface area contributed by atoms with Gasteiger partial charge in [0.2, 0.25) is 0 Å². The van der Waals surface area contributed by atoms with Gasteiger partial charge in [-0.25, -0.2) is 0 Å². The van der Waals surface area contributed by atoms with Crippen molar-refractivity contribution in [2.75, 3.05) is 6.54 Å². The van der Waals surface area contributed by atoms with Crippen LogP contribution in [0.15, 0.2) is 5.16 Å². The molecular weight excluding hydrogens is 161 g/mol. The van der Waals surface area contributed by atoms with Gasteiger partial charge in [0.1, 0.15) is 6.10 Å². The van der Waals surface area contributed by atoms with E-state index in [1.165, 1.54) is 0 Å². The molecule has 2 N–H and O–H groups in total. The molecule has 0 saturated heterocycles. The molecule has 0 aromatic rings. The zero-order valence-corrected chi connectivity index (χ0v) is 5.56. The molecule has 1 aliphatic rings. The first-order chi connectivity index (χ1) is 5.04. The number of halogens is 3. The van der Waals surface area contributed by atoms with Crippen LogP contribution in [0.2, 0.25) is 0 Å². The summed E-state index contributed by atoms with van der Waals surface area (Å²) in [7, 11) is 0. The molecule has 0 radical (unpaired) electrons. The second kappa shape index (κ2) is 2.69. The van der Waals surface area contributed by atoms with Crippen molar-refractivity contribution in [1.82, 2.24) is 0 Å². The summed E-state index contributed by atoms with van der Waals surface area (Å²) in [6.45, 7) is 0.0586. The van der Waals surface area contributed by atoms with Crippen molar-refractivity contribution in [3.05, 3.63) is 0 Å². The topological polar surface area (TPSA) is 47.6 Å². The van der Waals surface area contributed by atoms with Crippen LogP contribution < -0.4 is 5.73 Å². The fourth-order valence-electron chi connectivity index (χ4n) is 0.722. The molecular formula is C5H7F3N2O. The van der Waals surface area contributed by atoms with E-state index in [0.29, 0.717) is 0 Å². The SMILES string of the molecule is NC[C@@H]1CC(C(F)(F)F)=NO1. The van der Waals surface area contributed by atoms with Crippen LogP contribution in [0.5, 0.6) is 0 Å². The Kier molecular flexibility index (Phi) is 2.03. The maximum atomic E-state index is 11.8. The molecule has 0 bridgehead atoms. The number of hydrogen-bond donors (Lipinski definition) is 1. The Balaban J connectivity index is 2.53. The van der Waals surface area contributed by atoms with E-state index in [2.05, 4.69) is 9.99 Å². The monoisotopic (exact) mass is 168 g/mol. The van der Waals surface area contributed by atoms with E-state index in [0.717, 1.165) is 0 Å². The molecule has 0 unspecified atom stereocenters. The molecule has 1 aliphatic heterocycles. The molecule has 1 rings (SSSR count). The minimum absolute atomic E-state index is 0.0586. The highest BCUT2D eigenvalue weighted by Gasteiger charge is 2.40. The summed E-state index contributed by atoms with van der Waals surface area (Å²) in [6.07, 6.45) is -5.21. The molecule has 0 saturated carbocycles. The fraction of sp³-hybridized carbons (Fsp3) is 0.800. The van der Waals surface area contributed by atoms with Gasteiger partial charge in [0.15, 0.2) is 5.71 Å². The van der Waals surface area contributed by atoms with Crippen LogP contribution in [0.4, 0.5) is 13.2 Å². The highest BCUT2D eigenvalue weighted by Crippen LogP contribution is 2.24. The Bertz CT molecular complexity index is 177. The molecule has 0 spiro atoms. The van der Waals surface area contributed by atoms with Crippen molar-refractivity contribution in [3.63, 3.8) is 0 Å². The van der Waals surface area contributed by atoms with Crippen molar-refractivity contribution in [1.29, 1.82) is 0 Å². The fourth-order valence-corrected chi connectivity index (χ4v) is 0.722. The quantitative estimate of drug-likeness (QED) is 0.624. The van der Waals surface area contributed by atoms with Gasteiger partial charge in [-0.3, -0.25) is 0 Å². The lowest BCUT2D eigenvalue weighted by atomic mass is 10.2. The summed E-state index contributed by atoms with van der Waals surface area (Å²) in [5.41, 5.74) is 4.19. The molecule has 1 atom stereocenters. The summed E-state index contributed by atoms with van der Waals surface area (Å²) < 4.78 is 35.5. The Morgan fingerprint density at radius 3 is 2.55 bits per heavy atom. The van der Waals surface area contributed by atoms with Crippen molar-refractivity contribution >= 4 is 5.71 Å². The third kappa shape index (κ3) is 1.83. The first-order valence-electron chi connectivity index (χ1n) is 3.04. The van der Waals surface area contributed by atoms with E-state index < -0.39 is 18.0 Å². The second-order valence-corrected chi connectivity index (χ2v) is 2.20. The number of nitrogens with zero attached hydrogens (tertiary/aromatic N) is 1. The Labute approximate surface area is 61.0 Å². The van der Waals surface area contributed by atoms with Crippen molar-refractivity contribution in [2.45, 2.75) is 18.7 Å². The largest absolute Gasteiger partial charge is 0.432 e. The Hall–Kier alpha value is -0.780. The van der Waals surface area contributed by atoms with Crippen molar-refractivity contribution < 1.29 is 18.0 Å². The van der Waals surface area contributed by atoms with Crippen LogP contribution in [-0.4, -0.2) is 24.5 Å². The predicted octanol–water partition coefficient (Wildman–Crippen LogP) is 0.652. The number of nitrogens with two attached hydrogens (primary N) is 1. The molecule has 0 aliphatic carbocycles. The molecule has 0 fully saturated rings. The first-order valence-corrected chi connectivity index (χ1v) is 3.04. The van der Waals surface area contributed by atoms with Gasteiger partial charge in [0, 0.05) is 13.0 Å². The van der Waals surface area contributed by atoms with Gasteiger partial charge < -0.3 is 10.6 Å². The highest BCUT2D eigenvalue weighted by molar-refractivity contribution is 5.90. The van der Waals surface area contributed by atoms with Crippen molar-refractivity contribution in [3.8, 4) is 0 Å². The zero-order chi connectivity index (χ0) is 8.48. The average molecular weight is 168 g/mol. The lowest BCUT2D eigenvalue weighted by Crippen LogP contribution is -2.26. The zero-order valence-electron chi connectivity index (χ0n) is 5.56. The molecule has 11 heavy (non-hydrogen) atoms. The van der Waals surface area contributed by atoms with Gasteiger partial charge in [-0.05, 0) is 0 Å². The molecule has 0 amide bonds. The van der Waals surface area contributed by atoms with Gasteiger partial charge in [-0.15, -0.1) is 0 Å². The summed E-state index contributed by atoms with van der Waals surface area (Å²) in [5.74, 6) is 0. The lowest BCUT2D eigenvalue weighted by Gasteiger charge is -2.03. The van der Waals surface area contributed by atoms with Gasteiger partial charge in [-0.1, -0.05) is 5.16 Å². The van der Waals surface area contributed by atoms with Gasteiger partial charge in [0.05, 0.1) is 0 Å². The number of oxime groups is 1. The van der Waals surface area contributed by atoms with Crippen molar-refractivity contribution in [2.24, 2.45) is 10.9 Å². The summed E-state index contributed by atoms with van der Waals surface area (Å²) in [5, 5.41) is 2.87. The number of rotatable bonds is 1. The van der Waals surface area contributed by atoms with E-state index in [1.807, 2.05) is 0 Å². The third-order valence-corrected chi connectivity index (χ3v) is 1.32. The summed E-state index contributed by atoms with van der Waals surface area (Å²) in [6, 6.07) is 0. The molecule has 64 valence electrons. The molecule has 3 nitrogen and oxygen atoms in total. The standard InChI is InChI=1S/C5H7F3N2O/c6-5(7,8)4-1-3(2-9)11-10-4/h3H,1-2,9H2/t3-/m0/s1. The lowest BCUT2D eigenvalue weighted by molar-refractivity contribution is -0.0604. The Morgan fingerprint density at radius 2 is 2.27 bits per heavy atom. The minimum Gasteiger partial charge on any atom is -0.391 e. The maximum Gasteiger partial charge on any atom is 0.432 e. The molecule has 0 aromatic heterocycles. The maximum absolute atomic E-state index is 11.8. The summed E-state index contributed by atoms with van der Waals surface area (Å²) >= 11 is 0. The smallest absolute Gasteiger partial charge is 0.391 e. The van der Waals surface area contributed by atoms with Crippen LogP contribution in [0.25, 0.3) is 0 Å². The molecule has 0 aromatic carbocycles. The first kappa shape index (κ1) is 8.32. The van der Waals surface area contributed by atoms with Gasteiger partial charge >= 0.3 is 6.18 Å². The van der Waals surface area contributed by atoms with E-state index in [1.54, 1.807) is 0 Å². The van der Waals surface area contributed by atoms with Crippen LogP contribution in [0.1, 0.15) is 6.42 Å². The molecule has 6 heteroatoms. The van der Waals surface area contributed by atoms with Crippen LogP contribution >= 0.6 is 0 Å². The number of alkyl halides is 3. The predicted molar refractivity (Wildman–Crippen MR) is 32.0 cm³/mol. The van der Waals surface area contributed by atoms with E-state index in [9.17, 15) is 13.2 Å². The summed E-state index contributed by atoms with van der Waals surface area (Å²) in [4.78, 5) is 4.38. The third-order valence-electron chi connectivity index (χ3n) is 1.32. The van der Waals surface area contributed by atoms with Crippen LogP contribution in [0.3, 0.4) is 0 Å². The van der Waals surface area contributed by atoms with E-state index in [-0.39, 0.29) is 13.0 Å². The highest BCUT2D eigenvalue weighted by atomic mass is 19.4. The Morgan fingerprint density at radius 1 is 1.64 bits per heavy atom. The average Bonchev–Trinajstić information content (AvgIpc) is 2.32. The normalized spacial score (nSPS) is 24.7. The number of hydrogen-bond acceptors (Lipinski definition) is 3. The van der Waals surface area contributed by atoms with Crippen LogP contribution in [0, 0.1) is 0 Å². The van der Waals surface area contributed by atoms with E-state index in [4.69, 9.17) is 5.73 Å². The van der Waals surface area contributed by atoms with Gasteiger partial charge in [-0.2, -0.15) is 13.2 Å².